The molecule has 2 aromatic carbocycles. The smallest absolute Gasteiger partial charge is 0.337 e. The van der Waals surface area contributed by atoms with Gasteiger partial charge in [0.15, 0.2) is 0 Å². The van der Waals surface area contributed by atoms with Gasteiger partial charge in [0.1, 0.15) is 0 Å². The summed E-state index contributed by atoms with van der Waals surface area (Å²) in [6.07, 6.45) is 0. The first-order valence-corrected chi connectivity index (χ1v) is 9.48. The van der Waals surface area contributed by atoms with E-state index in [9.17, 15) is 18.3 Å². The van der Waals surface area contributed by atoms with E-state index >= 15 is 0 Å². The van der Waals surface area contributed by atoms with E-state index in [0.29, 0.717) is 12.3 Å². The molecule has 2 aromatic rings. The number of sulfonamides is 1. The van der Waals surface area contributed by atoms with Crippen molar-refractivity contribution in [2.24, 2.45) is 0 Å². The van der Waals surface area contributed by atoms with Crippen molar-refractivity contribution in [3.63, 3.8) is 0 Å². The minimum absolute atomic E-state index is 0.101. The maximum Gasteiger partial charge on any atom is 0.337 e. The van der Waals surface area contributed by atoms with E-state index in [1.807, 2.05) is 25.1 Å². The second-order valence-corrected chi connectivity index (χ2v) is 7.59. The van der Waals surface area contributed by atoms with Gasteiger partial charge in [-0.3, -0.25) is 0 Å². The highest BCUT2D eigenvalue weighted by Crippen LogP contribution is 2.22. The number of hydrogen-bond donors (Lipinski definition) is 3. The summed E-state index contributed by atoms with van der Waals surface area (Å²) in [4.78, 5) is 11.4. The highest BCUT2D eigenvalue weighted by molar-refractivity contribution is 7.89. The molecule has 0 fully saturated rings. The number of benzene rings is 2. The Balaban J connectivity index is 2.23. The lowest BCUT2D eigenvalue weighted by Gasteiger charge is -2.17. The van der Waals surface area contributed by atoms with Gasteiger partial charge in [0, 0.05) is 25.4 Å². The van der Waals surface area contributed by atoms with Crippen molar-refractivity contribution in [2.75, 3.05) is 19.0 Å². The molecule has 2 rings (SSSR count). The maximum absolute atomic E-state index is 12.5. The van der Waals surface area contributed by atoms with Gasteiger partial charge >= 0.3 is 5.97 Å². The number of rotatable bonds is 9. The Kier molecular flexibility index (Phi) is 6.73. The molecule has 0 aromatic heterocycles. The van der Waals surface area contributed by atoms with Crippen LogP contribution >= 0.6 is 0 Å². The van der Waals surface area contributed by atoms with Crippen molar-refractivity contribution in [2.45, 2.75) is 24.4 Å². The van der Waals surface area contributed by atoms with Crippen molar-refractivity contribution in [1.29, 1.82) is 0 Å². The number of nitrogens with one attached hydrogen (secondary N) is 2. The van der Waals surface area contributed by atoms with Crippen LogP contribution in [0.1, 0.15) is 22.8 Å². The molecule has 0 radical (unpaired) electrons. The van der Waals surface area contributed by atoms with Gasteiger partial charge in [-0.2, -0.15) is 0 Å². The number of carboxylic acid groups (broad SMARTS) is 1. The summed E-state index contributed by atoms with van der Waals surface area (Å²) in [6, 6.07) is 12.9. The molecule has 7 nitrogen and oxygen atoms in total. The van der Waals surface area contributed by atoms with Crippen LogP contribution in [0.4, 0.5) is 5.69 Å². The molecule has 26 heavy (non-hydrogen) atoms. The molecule has 0 amide bonds. The molecule has 0 aliphatic rings. The number of methoxy groups -OCH3 is 1. The van der Waals surface area contributed by atoms with E-state index in [4.69, 9.17) is 4.74 Å². The zero-order valence-corrected chi connectivity index (χ0v) is 15.4. The normalized spacial score (nSPS) is 12.5. The fraction of sp³-hybridized carbons (Fsp3) is 0.278. The van der Waals surface area contributed by atoms with Crippen LogP contribution in [-0.4, -0.2) is 39.3 Å². The number of hydrogen-bond acceptors (Lipinski definition) is 5. The van der Waals surface area contributed by atoms with Crippen LogP contribution in [-0.2, 0) is 21.3 Å². The number of aromatic carboxylic acids is 1. The largest absolute Gasteiger partial charge is 0.478 e. The first-order valence-electron chi connectivity index (χ1n) is 8.00. The number of anilines is 1. The SMILES string of the molecule is COC[C@H](C)Nc1ccc(S(=O)(=O)NCc2ccccc2)cc1C(=O)O. The molecule has 0 spiro atoms. The van der Waals surface area contributed by atoms with Crippen LogP contribution in [0.15, 0.2) is 53.4 Å². The summed E-state index contributed by atoms with van der Waals surface area (Å²) >= 11 is 0. The lowest BCUT2D eigenvalue weighted by atomic mass is 10.1. The Morgan fingerprint density at radius 3 is 2.50 bits per heavy atom. The van der Waals surface area contributed by atoms with Crippen LogP contribution in [0.25, 0.3) is 0 Å². The Bertz CT molecular complexity index is 853. The van der Waals surface area contributed by atoms with Crippen LogP contribution in [0.3, 0.4) is 0 Å². The van der Waals surface area contributed by atoms with Gasteiger partial charge in [-0.05, 0) is 30.7 Å². The predicted molar refractivity (Wildman–Crippen MR) is 98.8 cm³/mol. The van der Waals surface area contributed by atoms with Gasteiger partial charge in [0.2, 0.25) is 10.0 Å². The van der Waals surface area contributed by atoms with Gasteiger partial charge in [0.05, 0.1) is 17.1 Å². The molecule has 0 aliphatic heterocycles. The predicted octanol–water partition coefficient (Wildman–Crippen LogP) is 2.31. The molecular weight excluding hydrogens is 356 g/mol. The third-order valence-corrected chi connectivity index (χ3v) is 5.06. The van der Waals surface area contributed by atoms with Gasteiger partial charge in [0.25, 0.3) is 0 Å². The fourth-order valence-electron chi connectivity index (χ4n) is 2.41. The highest BCUT2D eigenvalue weighted by atomic mass is 32.2. The van der Waals surface area contributed by atoms with E-state index in [1.165, 1.54) is 12.1 Å². The van der Waals surface area contributed by atoms with E-state index in [1.54, 1.807) is 19.2 Å². The summed E-state index contributed by atoms with van der Waals surface area (Å²) in [5.41, 5.74) is 1.03. The lowest BCUT2D eigenvalue weighted by Crippen LogP contribution is -2.25. The van der Waals surface area contributed by atoms with Crippen molar-refractivity contribution in [3.05, 3.63) is 59.7 Å². The van der Waals surface area contributed by atoms with Crippen molar-refractivity contribution in [1.82, 2.24) is 4.72 Å². The van der Waals surface area contributed by atoms with Crippen LogP contribution in [0.2, 0.25) is 0 Å². The molecule has 0 unspecified atom stereocenters. The summed E-state index contributed by atoms with van der Waals surface area (Å²) in [5, 5.41) is 12.4. The van der Waals surface area contributed by atoms with Crippen molar-refractivity contribution >= 4 is 21.7 Å². The van der Waals surface area contributed by atoms with Gasteiger partial charge in [-0.15, -0.1) is 0 Å². The summed E-state index contributed by atoms with van der Waals surface area (Å²) in [7, 11) is -2.29. The first-order chi connectivity index (χ1) is 12.3. The topological polar surface area (TPSA) is 105 Å². The maximum atomic E-state index is 12.5. The zero-order valence-electron chi connectivity index (χ0n) is 14.6. The lowest BCUT2D eigenvalue weighted by molar-refractivity contribution is 0.0697. The molecule has 0 saturated carbocycles. The molecule has 0 heterocycles. The number of carbonyl (C=O) groups is 1. The van der Waals surface area contributed by atoms with E-state index in [0.717, 1.165) is 11.6 Å². The van der Waals surface area contributed by atoms with Gasteiger partial charge in [-0.25, -0.2) is 17.9 Å². The molecule has 140 valence electrons. The van der Waals surface area contributed by atoms with Crippen LogP contribution in [0, 0.1) is 0 Å². The van der Waals surface area contributed by atoms with Crippen molar-refractivity contribution < 1.29 is 23.1 Å². The van der Waals surface area contributed by atoms with E-state index in [-0.39, 0.29) is 23.0 Å². The third kappa shape index (κ3) is 5.29. The van der Waals surface area contributed by atoms with Gasteiger partial charge < -0.3 is 15.2 Å². The summed E-state index contributed by atoms with van der Waals surface area (Å²) < 4.78 is 32.4. The molecule has 0 saturated heterocycles. The third-order valence-electron chi connectivity index (χ3n) is 3.66. The standard InChI is InChI=1S/C18H22N2O5S/c1-13(12-25-2)20-17-9-8-15(10-16(17)18(21)22)26(23,24)19-11-14-6-4-3-5-7-14/h3-10,13,19-20H,11-12H2,1-2H3,(H,21,22)/t13-/m0/s1. The summed E-state index contributed by atoms with van der Waals surface area (Å²) in [5.74, 6) is -1.21. The highest BCUT2D eigenvalue weighted by Gasteiger charge is 2.19. The molecule has 3 N–H and O–H groups in total. The first kappa shape index (κ1) is 19.9. The van der Waals surface area contributed by atoms with Gasteiger partial charge in [-0.1, -0.05) is 30.3 Å². The Morgan fingerprint density at radius 2 is 1.88 bits per heavy atom. The molecule has 0 aliphatic carbocycles. The van der Waals surface area contributed by atoms with Crippen LogP contribution in [0.5, 0.6) is 0 Å². The zero-order chi connectivity index (χ0) is 19.2. The number of carboxylic acids is 1. The second kappa shape index (κ2) is 8.79. The quantitative estimate of drug-likeness (QED) is 0.618. The Morgan fingerprint density at radius 1 is 1.19 bits per heavy atom. The molecule has 1 atom stereocenters. The van der Waals surface area contributed by atoms with Crippen molar-refractivity contribution in [3.8, 4) is 0 Å². The number of ether oxygens (including phenoxy) is 1. The average Bonchev–Trinajstić information content (AvgIpc) is 2.61. The fourth-order valence-corrected chi connectivity index (χ4v) is 3.45. The molecule has 8 heteroatoms. The molecule has 0 bridgehead atoms. The summed E-state index contributed by atoms with van der Waals surface area (Å²) in [6.45, 7) is 2.34. The minimum Gasteiger partial charge on any atom is -0.478 e. The Hall–Kier alpha value is -2.42. The second-order valence-electron chi connectivity index (χ2n) is 5.82. The minimum atomic E-state index is -3.84. The van der Waals surface area contributed by atoms with E-state index in [2.05, 4.69) is 10.0 Å². The Labute approximate surface area is 153 Å². The monoisotopic (exact) mass is 378 g/mol. The van der Waals surface area contributed by atoms with E-state index < -0.39 is 16.0 Å². The van der Waals surface area contributed by atoms with Crippen LogP contribution < -0.4 is 10.0 Å². The molecular formula is C18H22N2O5S. The average molecular weight is 378 g/mol.